The van der Waals surface area contributed by atoms with E-state index < -0.39 is 6.04 Å². The lowest BCUT2D eigenvalue weighted by Gasteiger charge is -2.27. The third kappa shape index (κ3) is 3.32. The Morgan fingerprint density at radius 1 is 1.17 bits per heavy atom. The molecular formula is C18H23N3O3. The van der Waals surface area contributed by atoms with Crippen LogP contribution < -0.4 is 5.43 Å². The predicted octanol–water partition coefficient (Wildman–Crippen LogP) is 1.25. The monoisotopic (exact) mass is 329 g/mol. The van der Waals surface area contributed by atoms with E-state index >= 15 is 0 Å². The maximum Gasteiger partial charge on any atom is 0.244 e. The van der Waals surface area contributed by atoms with Crippen LogP contribution in [0.5, 0.6) is 0 Å². The molecule has 0 unspecified atom stereocenters. The maximum atomic E-state index is 12.6. The Morgan fingerprint density at radius 2 is 1.79 bits per heavy atom. The van der Waals surface area contributed by atoms with E-state index in [-0.39, 0.29) is 23.8 Å². The molecule has 0 saturated heterocycles. The largest absolute Gasteiger partial charge is 0.347 e. The number of benzene rings is 1. The molecule has 0 fully saturated rings. The third-order valence-corrected chi connectivity index (χ3v) is 4.29. The number of likely N-dealkylation sites (N-methyl/N-ethyl adjacent to an activating group) is 2. The number of carbonyl (C=O) groups is 2. The molecule has 2 aromatic rings. The summed E-state index contributed by atoms with van der Waals surface area (Å²) in [4.78, 5) is 39.7. The number of amides is 2. The highest BCUT2D eigenvalue weighted by atomic mass is 16.2. The number of para-hydroxylation sites is 1. The van der Waals surface area contributed by atoms with E-state index in [1.54, 1.807) is 47.1 Å². The van der Waals surface area contributed by atoms with Gasteiger partial charge in [0.1, 0.15) is 12.6 Å². The molecule has 0 saturated carbocycles. The zero-order chi connectivity index (χ0) is 18.0. The van der Waals surface area contributed by atoms with Gasteiger partial charge in [0.25, 0.3) is 0 Å². The van der Waals surface area contributed by atoms with Crippen molar-refractivity contribution in [3.05, 3.63) is 46.2 Å². The van der Waals surface area contributed by atoms with Crippen molar-refractivity contribution in [3.63, 3.8) is 0 Å². The summed E-state index contributed by atoms with van der Waals surface area (Å²) in [6, 6.07) is 8.20. The summed E-state index contributed by atoms with van der Waals surface area (Å²) in [5.41, 5.74) is 1.37. The molecule has 1 heterocycles. The molecule has 0 aliphatic rings. The predicted molar refractivity (Wildman–Crippen MR) is 93.9 cm³/mol. The quantitative estimate of drug-likeness (QED) is 0.848. The van der Waals surface area contributed by atoms with Gasteiger partial charge in [-0.1, -0.05) is 12.1 Å². The first-order chi connectivity index (χ1) is 11.2. The summed E-state index contributed by atoms with van der Waals surface area (Å²) in [5.74, 6) is -0.318. The van der Waals surface area contributed by atoms with Crippen LogP contribution in [-0.2, 0) is 16.1 Å². The van der Waals surface area contributed by atoms with Crippen LogP contribution >= 0.6 is 0 Å². The average Bonchev–Trinajstić information content (AvgIpc) is 2.56. The molecule has 2 amide bonds. The second-order valence-corrected chi connectivity index (χ2v) is 6.17. The highest BCUT2D eigenvalue weighted by Crippen LogP contribution is 2.13. The molecule has 0 radical (unpaired) electrons. The Bertz CT molecular complexity index is 839. The lowest BCUT2D eigenvalue weighted by Crippen LogP contribution is -2.46. The SMILES string of the molecule is Cc1cc(=O)c2ccccc2n1CC(=O)N(C)[C@H](C)C(=O)N(C)C. The first-order valence-corrected chi connectivity index (χ1v) is 7.80. The fourth-order valence-corrected chi connectivity index (χ4v) is 2.66. The molecule has 0 N–H and O–H groups in total. The minimum absolute atomic E-state index is 0.0590. The number of nitrogens with zero attached hydrogens (tertiary/aromatic N) is 3. The summed E-state index contributed by atoms with van der Waals surface area (Å²) in [6.07, 6.45) is 0. The molecule has 1 aromatic carbocycles. The van der Waals surface area contributed by atoms with Gasteiger partial charge in [0.15, 0.2) is 5.43 Å². The molecule has 0 bridgehead atoms. The normalized spacial score (nSPS) is 12.0. The van der Waals surface area contributed by atoms with Crippen molar-refractivity contribution in [1.29, 1.82) is 0 Å². The Hall–Kier alpha value is -2.63. The van der Waals surface area contributed by atoms with Crippen molar-refractivity contribution in [1.82, 2.24) is 14.4 Å². The van der Waals surface area contributed by atoms with Gasteiger partial charge in [-0.05, 0) is 26.0 Å². The summed E-state index contributed by atoms with van der Waals surface area (Å²) in [5, 5.41) is 0.580. The summed E-state index contributed by atoms with van der Waals surface area (Å²) >= 11 is 0. The number of hydrogen-bond acceptors (Lipinski definition) is 3. The van der Waals surface area contributed by atoms with Crippen LogP contribution in [-0.4, -0.2) is 53.4 Å². The van der Waals surface area contributed by atoms with Gasteiger partial charge in [-0.3, -0.25) is 14.4 Å². The zero-order valence-electron chi connectivity index (χ0n) is 14.7. The lowest BCUT2D eigenvalue weighted by molar-refractivity contribution is -0.142. The summed E-state index contributed by atoms with van der Waals surface area (Å²) in [6.45, 7) is 3.58. The van der Waals surface area contributed by atoms with Crippen molar-refractivity contribution in [2.24, 2.45) is 0 Å². The second kappa shape index (κ2) is 6.86. The van der Waals surface area contributed by atoms with Crippen LogP contribution in [0.1, 0.15) is 12.6 Å². The molecule has 0 aliphatic carbocycles. The van der Waals surface area contributed by atoms with E-state index in [1.807, 2.05) is 16.7 Å². The van der Waals surface area contributed by atoms with Crippen molar-refractivity contribution >= 4 is 22.7 Å². The van der Waals surface area contributed by atoms with Crippen LogP contribution in [0.25, 0.3) is 10.9 Å². The van der Waals surface area contributed by atoms with Gasteiger partial charge in [-0.25, -0.2) is 0 Å². The molecule has 1 aromatic heterocycles. The van der Waals surface area contributed by atoms with E-state index in [2.05, 4.69) is 0 Å². The first kappa shape index (κ1) is 17.7. The van der Waals surface area contributed by atoms with Gasteiger partial charge in [0, 0.05) is 38.3 Å². The van der Waals surface area contributed by atoms with E-state index in [0.717, 1.165) is 5.52 Å². The van der Waals surface area contributed by atoms with E-state index in [9.17, 15) is 14.4 Å². The number of aryl methyl sites for hydroxylation is 1. The van der Waals surface area contributed by atoms with Crippen LogP contribution in [0.15, 0.2) is 35.1 Å². The molecule has 6 nitrogen and oxygen atoms in total. The van der Waals surface area contributed by atoms with Crippen LogP contribution in [0.3, 0.4) is 0 Å². The maximum absolute atomic E-state index is 12.6. The zero-order valence-corrected chi connectivity index (χ0v) is 14.7. The van der Waals surface area contributed by atoms with Gasteiger partial charge >= 0.3 is 0 Å². The summed E-state index contributed by atoms with van der Waals surface area (Å²) < 4.78 is 1.81. The molecule has 1 atom stereocenters. The molecule has 0 aliphatic heterocycles. The Morgan fingerprint density at radius 3 is 2.42 bits per heavy atom. The fraction of sp³-hybridized carbons (Fsp3) is 0.389. The van der Waals surface area contributed by atoms with Crippen LogP contribution in [0.2, 0.25) is 0 Å². The molecule has 6 heteroatoms. The molecule has 24 heavy (non-hydrogen) atoms. The molecule has 0 spiro atoms. The van der Waals surface area contributed by atoms with Gasteiger partial charge in [0.2, 0.25) is 11.8 Å². The number of rotatable bonds is 4. The smallest absolute Gasteiger partial charge is 0.244 e. The Labute approximate surface area is 141 Å². The number of hydrogen-bond donors (Lipinski definition) is 0. The molecule has 128 valence electrons. The molecular weight excluding hydrogens is 306 g/mol. The number of aromatic nitrogens is 1. The lowest BCUT2D eigenvalue weighted by atomic mass is 10.1. The third-order valence-electron chi connectivity index (χ3n) is 4.29. The number of carbonyl (C=O) groups excluding carboxylic acids is 2. The second-order valence-electron chi connectivity index (χ2n) is 6.17. The number of pyridine rings is 1. The first-order valence-electron chi connectivity index (χ1n) is 7.80. The average molecular weight is 329 g/mol. The van der Waals surface area contributed by atoms with Gasteiger partial charge in [-0.2, -0.15) is 0 Å². The minimum Gasteiger partial charge on any atom is -0.347 e. The van der Waals surface area contributed by atoms with Crippen LogP contribution in [0.4, 0.5) is 0 Å². The van der Waals surface area contributed by atoms with Crippen molar-refractivity contribution in [3.8, 4) is 0 Å². The number of fused-ring (bicyclic) bond motifs is 1. The van der Waals surface area contributed by atoms with Gasteiger partial charge < -0.3 is 14.4 Å². The highest BCUT2D eigenvalue weighted by Gasteiger charge is 2.24. The van der Waals surface area contributed by atoms with E-state index in [4.69, 9.17) is 0 Å². The summed E-state index contributed by atoms with van der Waals surface area (Å²) in [7, 11) is 4.95. The minimum atomic E-state index is -0.543. The Balaban J connectivity index is 2.35. The van der Waals surface area contributed by atoms with Crippen molar-refractivity contribution < 1.29 is 9.59 Å². The van der Waals surface area contributed by atoms with E-state index in [1.165, 1.54) is 15.9 Å². The van der Waals surface area contributed by atoms with E-state index in [0.29, 0.717) is 11.1 Å². The van der Waals surface area contributed by atoms with Crippen molar-refractivity contribution in [2.45, 2.75) is 26.4 Å². The standard InChI is InChI=1S/C18H23N3O3/c1-12-10-16(22)14-8-6-7-9-15(14)21(12)11-17(23)20(5)13(2)18(24)19(3)4/h6-10,13H,11H2,1-5H3/t13-/m1/s1. The topological polar surface area (TPSA) is 62.6 Å². The fourth-order valence-electron chi connectivity index (χ4n) is 2.66. The van der Waals surface area contributed by atoms with Gasteiger partial charge in [-0.15, -0.1) is 0 Å². The van der Waals surface area contributed by atoms with Gasteiger partial charge in [0.05, 0.1) is 5.52 Å². The Kier molecular flexibility index (Phi) is 5.07. The van der Waals surface area contributed by atoms with Crippen LogP contribution in [0, 0.1) is 6.92 Å². The van der Waals surface area contributed by atoms with Crippen molar-refractivity contribution in [2.75, 3.05) is 21.1 Å². The highest BCUT2D eigenvalue weighted by molar-refractivity contribution is 5.88. The molecule has 2 rings (SSSR count).